The van der Waals surface area contributed by atoms with Gasteiger partial charge in [0.1, 0.15) is 17.6 Å². The number of esters is 1. The molecule has 0 amide bonds. The Hall–Kier alpha value is -3.99. The molecule has 0 N–H and O–H groups in total. The van der Waals surface area contributed by atoms with Gasteiger partial charge in [-0.1, -0.05) is 24.3 Å². The second kappa shape index (κ2) is 11.4. The quantitative estimate of drug-likeness (QED) is 0.368. The Morgan fingerprint density at radius 1 is 1.16 bits per heavy atom. The maximum Gasteiger partial charge on any atom is 0.387 e. The van der Waals surface area contributed by atoms with E-state index in [0.717, 1.165) is 16.1 Å². The van der Waals surface area contributed by atoms with Gasteiger partial charge in [-0.2, -0.15) is 8.78 Å². The fourth-order valence-electron chi connectivity index (χ4n) is 3.79. The van der Waals surface area contributed by atoms with Gasteiger partial charge in [0, 0.05) is 18.7 Å². The zero-order chi connectivity index (χ0) is 26.4. The number of nitrogens with zero attached hydrogens (tertiary/aromatic N) is 2. The molecule has 4 rings (SSSR count). The maximum atomic E-state index is 13.7. The van der Waals surface area contributed by atoms with Crippen LogP contribution in [0.2, 0.25) is 0 Å². The summed E-state index contributed by atoms with van der Waals surface area (Å²) in [5.41, 5.74) is 1.69. The molecule has 1 aliphatic rings. The average molecular weight is 531 g/mol. The zero-order valence-electron chi connectivity index (χ0n) is 19.8. The molecule has 1 aromatic heterocycles. The van der Waals surface area contributed by atoms with Crippen LogP contribution in [0.25, 0.3) is 12.2 Å². The molecule has 1 atom stereocenters. The predicted octanol–water partition coefficient (Wildman–Crippen LogP) is 4.76. The minimum atomic E-state index is -4.22. The van der Waals surface area contributed by atoms with Gasteiger partial charge in [0.2, 0.25) is 0 Å². The van der Waals surface area contributed by atoms with E-state index in [4.69, 9.17) is 4.74 Å². The summed E-state index contributed by atoms with van der Waals surface area (Å²) in [5.74, 6) is -0.422. The monoisotopic (exact) mass is 530 g/mol. The zero-order valence-corrected chi connectivity index (χ0v) is 20.6. The summed E-state index contributed by atoms with van der Waals surface area (Å²) in [4.78, 5) is 15.7. The van der Waals surface area contributed by atoms with Crippen LogP contribution in [-0.4, -0.2) is 45.7 Å². The van der Waals surface area contributed by atoms with E-state index in [-0.39, 0.29) is 35.7 Å². The Balaban J connectivity index is 1.71. The van der Waals surface area contributed by atoms with Crippen LogP contribution in [0.3, 0.4) is 0 Å². The molecular weight excluding hydrogens is 506 g/mol. The molecule has 2 heterocycles. The van der Waals surface area contributed by atoms with Gasteiger partial charge in [0.15, 0.2) is 0 Å². The molecule has 0 radical (unpaired) electrons. The number of carbonyl (C=O) groups is 1. The van der Waals surface area contributed by atoms with Gasteiger partial charge in [-0.25, -0.2) is 8.42 Å². The second-order valence-electron chi connectivity index (χ2n) is 8.06. The number of aromatic nitrogens is 1. The maximum absolute atomic E-state index is 13.7. The minimum absolute atomic E-state index is 0.0347. The van der Waals surface area contributed by atoms with E-state index < -0.39 is 28.7 Å². The SMILES string of the molecule is COC(=O)CCC1CN(S(=O)(=O)c2cccc(OC(F)F)c2)c2cc(C=Cc3ccccn3)ccc2O1. The first-order valence-electron chi connectivity index (χ1n) is 11.3. The summed E-state index contributed by atoms with van der Waals surface area (Å²) in [6.45, 7) is -3.20. The smallest absolute Gasteiger partial charge is 0.387 e. The van der Waals surface area contributed by atoms with Crippen molar-refractivity contribution < 1.29 is 36.2 Å². The number of benzene rings is 2. The average Bonchev–Trinajstić information content (AvgIpc) is 2.90. The number of rotatable bonds is 9. The minimum Gasteiger partial charge on any atom is -0.486 e. The van der Waals surface area contributed by atoms with Crippen molar-refractivity contribution in [1.82, 2.24) is 4.98 Å². The summed E-state index contributed by atoms with van der Waals surface area (Å²) in [6, 6.07) is 15.5. The first-order valence-corrected chi connectivity index (χ1v) is 12.7. The lowest BCUT2D eigenvalue weighted by Crippen LogP contribution is -2.43. The second-order valence-corrected chi connectivity index (χ2v) is 9.92. The Morgan fingerprint density at radius 2 is 2.00 bits per heavy atom. The molecule has 3 aromatic rings. The normalized spacial score (nSPS) is 15.4. The van der Waals surface area contributed by atoms with Crippen LogP contribution >= 0.6 is 0 Å². The van der Waals surface area contributed by atoms with Crippen molar-refractivity contribution in [2.45, 2.75) is 30.5 Å². The summed E-state index contributed by atoms with van der Waals surface area (Å²) in [6.07, 6.45) is 4.84. The molecule has 1 aliphatic heterocycles. The highest BCUT2D eigenvalue weighted by Gasteiger charge is 2.35. The highest BCUT2D eigenvalue weighted by Crippen LogP contribution is 2.39. The number of alkyl halides is 2. The highest BCUT2D eigenvalue weighted by atomic mass is 32.2. The number of hydrogen-bond donors (Lipinski definition) is 0. The Morgan fingerprint density at radius 3 is 2.73 bits per heavy atom. The molecule has 0 aliphatic carbocycles. The van der Waals surface area contributed by atoms with Gasteiger partial charge < -0.3 is 14.2 Å². The van der Waals surface area contributed by atoms with E-state index in [0.29, 0.717) is 11.3 Å². The Labute approximate surface area is 213 Å². The lowest BCUT2D eigenvalue weighted by molar-refractivity contribution is -0.141. The fourth-order valence-corrected chi connectivity index (χ4v) is 5.32. The van der Waals surface area contributed by atoms with E-state index in [1.807, 2.05) is 12.1 Å². The summed E-state index contributed by atoms with van der Waals surface area (Å²) in [5, 5.41) is 0. The molecule has 1 unspecified atom stereocenters. The van der Waals surface area contributed by atoms with Crippen molar-refractivity contribution in [3.8, 4) is 11.5 Å². The number of fused-ring (bicyclic) bond motifs is 1. The number of ether oxygens (including phenoxy) is 3. The summed E-state index contributed by atoms with van der Waals surface area (Å²) >= 11 is 0. The van der Waals surface area contributed by atoms with Gasteiger partial charge in [0.05, 0.1) is 29.9 Å². The van der Waals surface area contributed by atoms with E-state index in [2.05, 4.69) is 14.5 Å². The largest absolute Gasteiger partial charge is 0.486 e. The van der Waals surface area contributed by atoms with Gasteiger partial charge >= 0.3 is 12.6 Å². The Kier molecular flexibility index (Phi) is 8.02. The van der Waals surface area contributed by atoms with Crippen LogP contribution < -0.4 is 13.8 Å². The van der Waals surface area contributed by atoms with Gasteiger partial charge in [-0.15, -0.1) is 0 Å². The fraction of sp³-hybridized carbons (Fsp3) is 0.231. The lowest BCUT2D eigenvalue weighted by Gasteiger charge is -2.35. The number of sulfonamides is 1. The molecule has 194 valence electrons. The van der Waals surface area contributed by atoms with E-state index in [9.17, 15) is 22.0 Å². The summed E-state index contributed by atoms with van der Waals surface area (Å²) in [7, 11) is -2.95. The number of anilines is 1. The molecule has 0 saturated carbocycles. The van der Waals surface area contributed by atoms with Crippen LogP contribution in [0.15, 0.2) is 71.8 Å². The lowest BCUT2D eigenvalue weighted by atomic mass is 10.1. The first-order chi connectivity index (χ1) is 17.8. The standard InChI is InChI=1S/C26H24F2N2O6S/c1-34-25(31)13-11-21-17-30(37(32,33)22-7-4-6-20(16-22)36-26(27)28)23-15-18(9-12-24(23)35-21)8-10-19-5-2-3-14-29-19/h2-10,12,14-16,21,26H,11,13,17H2,1H3. The van der Waals surface area contributed by atoms with Crippen molar-refractivity contribution in [2.24, 2.45) is 0 Å². The van der Waals surface area contributed by atoms with Gasteiger partial charge in [0.25, 0.3) is 10.0 Å². The van der Waals surface area contributed by atoms with E-state index in [1.165, 1.54) is 25.3 Å². The molecule has 0 spiro atoms. The van der Waals surface area contributed by atoms with Crippen molar-refractivity contribution in [2.75, 3.05) is 18.0 Å². The van der Waals surface area contributed by atoms with E-state index in [1.54, 1.807) is 42.6 Å². The molecule has 0 fully saturated rings. The third-order valence-electron chi connectivity index (χ3n) is 5.57. The van der Waals surface area contributed by atoms with Gasteiger partial charge in [-0.05, 0) is 54.5 Å². The molecule has 11 heteroatoms. The van der Waals surface area contributed by atoms with Crippen molar-refractivity contribution >= 4 is 33.8 Å². The van der Waals surface area contributed by atoms with Gasteiger partial charge in [-0.3, -0.25) is 14.1 Å². The van der Waals surface area contributed by atoms with Crippen molar-refractivity contribution in [3.63, 3.8) is 0 Å². The molecule has 0 bridgehead atoms. The predicted molar refractivity (Wildman–Crippen MR) is 133 cm³/mol. The van der Waals surface area contributed by atoms with Crippen molar-refractivity contribution in [1.29, 1.82) is 0 Å². The molecule has 37 heavy (non-hydrogen) atoms. The summed E-state index contributed by atoms with van der Waals surface area (Å²) < 4.78 is 69.1. The number of hydrogen-bond acceptors (Lipinski definition) is 7. The van der Waals surface area contributed by atoms with Crippen LogP contribution in [0, 0.1) is 0 Å². The molecular formula is C26H24F2N2O6S. The molecule has 2 aromatic carbocycles. The molecule has 8 nitrogen and oxygen atoms in total. The van der Waals surface area contributed by atoms with Crippen LogP contribution in [-0.2, 0) is 19.6 Å². The third-order valence-corrected chi connectivity index (χ3v) is 7.34. The third kappa shape index (κ3) is 6.42. The number of halogens is 2. The Bertz CT molecular complexity index is 1380. The van der Waals surface area contributed by atoms with Crippen LogP contribution in [0.5, 0.6) is 11.5 Å². The number of carbonyl (C=O) groups excluding carboxylic acids is 1. The van der Waals surface area contributed by atoms with Crippen LogP contribution in [0.1, 0.15) is 24.1 Å². The topological polar surface area (TPSA) is 95.0 Å². The van der Waals surface area contributed by atoms with E-state index >= 15 is 0 Å². The molecule has 0 saturated heterocycles. The van der Waals surface area contributed by atoms with Crippen LogP contribution in [0.4, 0.5) is 14.5 Å². The number of pyridine rings is 1. The first kappa shape index (κ1) is 26.1. The number of methoxy groups -OCH3 is 1. The van der Waals surface area contributed by atoms with Crippen molar-refractivity contribution in [3.05, 3.63) is 78.1 Å². The highest BCUT2D eigenvalue weighted by molar-refractivity contribution is 7.92.